The first-order chi connectivity index (χ1) is 9.40. The monoisotopic (exact) mass is 280 g/mol. The van der Waals surface area contributed by atoms with Crippen molar-refractivity contribution in [3.63, 3.8) is 0 Å². The zero-order valence-corrected chi connectivity index (χ0v) is 10.6. The number of β-amino-alcohol motifs (C(OH)–C–C–N with tert-alkyl or cyclic N) is 1. The van der Waals surface area contributed by atoms with Gasteiger partial charge in [0.25, 0.3) is 5.91 Å². The summed E-state index contributed by atoms with van der Waals surface area (Å²) in [5.74, 6) is -1.18. The van der Waals surface area contributed by atoms with Crippen LogP contribution in [-0.2, 0) is 0 Å². The van der Waals surface area contributed by atoms with E-state index in [2.05, 4.69) is 0 Å². The fraction of sp³-hybridized carbons (Fsp3) is 0.462. The minimum atomic E-state index is -1.03. The molecule has 1 aromatic carbocycles. The molecule has 106 valence electrons. The average Bonchev–Trinajstić information content (AvgIpc) is 3.18. The molecule has 3 rings (SSSR count). The maximum absolute atomic E-state index is 13.5. The third-order valence-corrected chi connectivity index (χ3v) is 3.95. The number of nitro groups is 1. The number of carbonyl (C=O) groups excluding carboxylic acids is 1. The van der Waals surface area contributed by atoms with Crippen molar-refractivity contribution < 1.29 is 19.2 Å². The number of hydrogen-bond donors (Lipinski definition) is 1. The van der Waals surface area contributed by atoms with Crippen molar-refractivity contribution in [3.8, 4) is 0 Å². The number of nitro benzene ring substituents is 1. The SMILES string of the molecule is O=C(c1ccc([N+](=O)[O-])c(F)c1)N1CC(O)(C2CC2)C1. The molecule has 1 heterocycles. The molecule has 2 aliphatic rings. The average molecular weight is 280 g/mol. The predicted molar refractivity (Wildman–Crippen MR) is 66.6 cm³/mol. The standard InChI is InChI=1S/C13H13FN2O4/c14-10-5-8(1-4-11(10)16(19)20)12(17)15-6-13(18,7-15)9-2-3-9/h1,4-5,9,18H,2-3,6-7H2. The molecule has 1 aliphatic carbocycles. The van der Waals surface area contributed by atoms with E-state index in [4.69, 9.17) is 0 Å². The van der Waals surface area contributed by atoms with Crippen LogP contribution in [0, 0.1) is 21.8 Å². The van der Waals surface area contributed by atoms with Crippen LogP contribution in [0.1, 0.15) is 23.2 Å². The molecule has 0 atom stereocenters. The Balaban J connectivity index is 1.72. The maximum Gasteiger partial charge on any atom is 0.304 e. The Morgan fingerprint density at radius 2 is 2.10 bits per heavy atom. The van der Waals surface area contributed by atoms with Crippen LogP contribution in [0.2, 0.25) is 0 Å². The summed E-state index contributed by atoms with van der Waals surface area (Å²) in [6.07, 6.45) is 1.95. The van der Waals surface area contributed by atoms with Gasteiger partial charge in [-0.05, 0) is 30.9 Å². The number of aliphatic hydroxyl groups is 1. The number of carbonyl (C=O) groups is 1. The summed E-state index contributed by atoms with van der Waals surface area (Å²) in [5.41, 5.74) is -1.39. The Kier molecular flexibility index (Phi) is 2.75. The van der Waals surface area contributed by atoms with Gasteiger partial charge in [0.2, 0.25) is 5.82 Å². The van der Waals surface area contributed by atoms with Crippen LogP contribution in [-0.4, -0.2) is 39.5 Å². The molecule has 0 spiro atoms. The molecule has 1 aromatic rings. The van der Waals surface area contributed by atoms with Crippen molar-refractivity contribution in [1.29, 1.82) is 0 Å². The largest absolute Gasteiger partial charge is 0.386 e. The summed E-state index contributed by atoms with van der Waals surface area (Å²) in [6.45, 7) is 0.490. The smallest absolute Gasteiger partial charge is 0.304 e. The lowest BCUT2D eigenvalue weighted by Gasteiger charge is -2.47. The highest BCUT2D eigenvalue weighted by atomic mass is 19.1. The first-order valence-electron chi connectivity index (χ1n) is 6.36. The second kappa shape index (κ2) is 4.24. The van der Waals surface area contributed by atoms with Crippen LogP contribution in [0.5, 0.6) is 0 Å². The second-order valence-electron chi connectivity index (χ2n) is 5.46. The van der Waals surface area contributed by atoms with Crippen molar-refractivity contribution >= 4 is 11.6 Å². The number of likely N-dealkylation sites (tertiary alicyclic amines) is 1. The van der Waals surface area contributed by atoms with Crippen LogP contribution in [0.15, 0.2) is 18.2 Å². The Morgan fingerprint density at radius 1 is 1.45 bits per heavy atom. The van der Waals surface area contributed by atoms with Gasteiger partial charge in [0, 0.05) is 11.6 Å². The highest BCUT2D eigenvalue weighted by Crippen LogP contribution is 2.44. The number of nitrogens with zero attached hydrogens (tertiary/aromatic N) is 2. The van der Waals surface area contributed by atoms with Crippen LogP contribution >= 0.6 is 0 Å². The van der Waals surface area contributed by atoms with Gasteiger partial charge in [-0.15, -0.1) is 0 Å². The van der Waals surface area contributed by atoms with Gasteiger partial charge in [-0.2, -0.15) is 4.39 Å². The molecule has 0 aromatic heterocycles. The van der Waals surface area contributed by atoms with E-state index in [-0.39, 0.29) is 24.6 Å². The molecule has 20 heavy (non-hydrogen) atoms. The lowest BCUT2D eigenvalue weighted by atomic mass is 9.88. The van der Waals surface area contributed by atoms with Crippen molar-refractivity contribution in [2.45, 2.75) is 18.4 Å². The minimum absolute atomic E-state index is 0.0611. The summed E-state index contributed by atoms with van der Waals surface area (Å²) in [4.78, 5) is 23.2. The van der Waals surface area contributed by atoms with Crippen molar-refractivity contribution in [3.05, 3.63) is 39.7 Å². The zero-order valence-electron chi connectivity index (χ0n) is 10.6. The molecular formula is C13H13FN2O4. The van der Waals surface area contributed by atoms with E-state index >= 15 is 0 Å². The van der Waals surface area contributed by atoms with Crippen LogP contribution in [0.4, 0.5) is 10.1 Å². The number of rotatable bonds is 3. The summed E-state index contributed by atoms with van der Waals surface area (Å²) < 4.78 is 13.5. The van der Waals surface area contributed by atoms with Gasteiger partial charge in [-0.1, -0.05) is 0 Å². The summed E-state index contributed by atoms with van der Waals surface area (Å²) in [6, 6.07) is 3.09. The van der Waals surface area contributed by atoms with E-state index in [1.165, 1.54) is 11.0 Å². The van der Waals surface area contributed by atoms with Gasteiger partial charge in [-0.3, -0.25) is 14.9 Å². The fourth-order valence-corrected chi connectivity index (χ4v) is 2.61. The minimum Gasteiger partial charge on any atom is -0.386 e. The second-order valence-corrected chi connectivity index (χ2v) is 5.46. The number of halogens is 1. The molecule has 0 radical (unpaired) electrons. The van der Waals surface area contributed by atoms with Gasteiger partial charge in [-0.25, -0.2) is 0 Å². The first kappa shape index (κ1) is 13.0. The molecule has 1 amide bonds. The molecule has 1 saturated carbocycles. The number of amides is 1. The highest BCUT2D eigenvalue weighted by Gasteiger charge is 2.53. The van der Waals surface area contributed by atoms with Gasteiger partial charge < -0.3 is 10.0 Å². The molecule has 1 aliphatic heterocycles. The quantitative estimate of drug-likeness (QED) is 0.668. The van der Waals surface area contributed by atoms with Crippen molar-refractivity contribution in [1.82, 2.24) is 4.90 Å². The van der Waals surface area contributed by atoms with Gasteiger partial charge in [0.15, 0.2) is 0 Å². The lowest BCUT2D eigenvalue weighted by Crippen LogP contribution is -2.64. The predicted octanol–water partition coefficient (Wildman–Crippen LogP) is 1.33. The molecule has 7 heteroatoms. The van der Waals surface area contributed by atoms with Gasteiger partial charge in [0.05, 0.1) is 18.0 Å². The molecule has 0 unspecified atom stereocenters. The van der Waals surface area contributed by atoms with E-state index in [9.17, 15) is 24.4 Å². The van der Waals surface area contributed by atoms with Gasteiger partial charge >= 0.3 is 5.69 Å². The Hall–Kier alpha value is -2.02. The molecule has 1 saturated heterocycles. The topological polar surface area (TPSA) is 83.7 Å². The Morgan fingerprint density at radius 3 is 2.60 bits per heavy atom. The van der Waals surface area contributed by atoms with Crippen LogP contribution in [0.25, 0.3) is 0 Å². The van der Waals surface area contributed by atoms with E-state index in [0.29, 0.717) is 0 Å². The normalized spacial score (nSPS) is 20.4. The fourth-order valence-electron chi connectivity index (χ4n) is 2.61. The Bertz CT molecular complexity index is 594. The van der Waals surface area contributed by atoms with Crippen LogP contribution in [0.3, 0.4) is 0 Å². The summed E-state index contributed by atoms with van der Waals surface area (Å²) in [7, 11) is 0. The number of hydrogen-bond acceptors (Lipinski definition) is 4. The maximum atomic E-state index is 13.5. The zero-order chi connectivity index (χ0) is 14.5. The first-order valence-corrected chi connectivity index (χ1v) is 6.36. The lowest BCUT2D eigenvalue weighted by molar-refractivity contribution is -0.387. The molecule has 2 fully saturated rings. The van der Waals surface area contributed by atoms with Crippen molar-refractivity contribution in [2.75, 3.05) is 13.1 Å². The third kappa shape index (κ3) is 2.03. The molecule has 1 N–H and O–H groups in total. The van der Waals surface area contributed by atoms with Gasteiger partial charge in [0.1, 0.15) is 5.60 Å². The molecule has 0 bridgehead atoms. The Labute approximate surface area is 114 Å². The van der Waals surface area contributed by atoms with E-state index < -0.39 is 27.9 Å². The molecular weight excluding hydrogens is 267 g/mol. The van der Waals surface area contributed by atoms with E-state index in [1.807, 2.05) is 0 Å². The summed E-state index contributed by atoms with van der Waals surface area (Å²) in [5, 5.41) is 20.6. The number of benzene rings is 1. The highest BCUT2D eigenvalue weighted by molar-refractivity contribution is 5.95. The van der Waals surface area contributed by atoms with E-state index in [1.54, 1.807) is 0 Å². The summed E-state index contributed by atoms with van der Waals surface area (Å²) >= 11 is 0. The van der Waals surface area contributed by atoms with Crippen LogP contribution < -0.4 is 0 Å². The third-order valence-electron chi connectivity index (χ3n) is 3.95. The van der Waals surface area contributed by atoms with Crippen molar-refractivity contribution in [2.24, 2.45) is 5.92 Å². The van der Waals surface area contributed by atoms with E-state index in [0.717, 1.165) is 25.0 Å². The molecule has 6 nitrogen and oxygen atoms in total.